The smallest absolute Gasteiger partial charge is 0.476 e. The number of hydrogen-bond donors (Lipinski definition) is 3. The van der Waals surface area contributed by atoms with Gasteiger partial charge in [0.15, 0.2) is 10.7 Å². The minimum atomic E-state index is -5.08. The van der Waals surface area contributed by atoms with Crippen molar-refractivity contribution in [3.05, 3.63) is 35.5 Å². The van der Waals surface area contributed by atoms with E-state index in [1.807, 2.05) is 0 Å². The van der Waals surface area contributed by atoms with E-state index in [-0.39, 0.29) is 5.69 Å². The van der Waals surface area contributed by atoms with E-state index in [1.54, 1.807) is 11.8 Å². The van der Waals surface area contributed by atoms with Crippen molar-refractivity contribution in [2.45, 2.75) is 67.3 Å². The standard InChI is InChI=1S/C20H26N4O2S.C2HF3O2/c25-20(26)18-19(22-23-21-18)27-17-9-7-14(8-10-17)15-5-4-6-16(13-15)24-11-2-1-3-12-24;3-2(4,5)1(6)7/h4-6,13-14,17H,1-3,7-12H2,(H,25,26)(H,21,22,23);(H,6,7). The van der Waals surface area contributed by atoms with Gasteiger partial charge < -0.3 is 15.1 Å². The van der Waals surface area contributed by atoms with Crippen molar-refractivity contribution >= 4 is 29.4 Å². The summed E-state index contributed by atoms with van der Waals surface area (Å²) in [5.74, 6) is -3.15. The van der Waals surface area contributed by atoms with Crippen LogP contribution in [0, 0.1) is 0 Å². The molecule has 0 bridgehead atoms. The average molecular weight is 501 g/mol. The number of anilines is 1. The quantitative estimate of drug-likeness (QED) is 0.528. The van der Waals surface area contributed by atoms with E-state index in [0.717, 1.165) is 25.7 Å². The summed E-state index contributed by atoms with van der Waals surface area (Å²) in [6.07, 6.45) is 3.31. The Morgan fingerprint density at radius 3 is 2.29 bits per heavy atom. The summed E-state index contributed by atoms with van der Waals surface area (Å²) in [4.78, 5) is 22.6. The molecule has 1 saturated heterocycles. The average Bonchev–Trinajstić information content (AvgIpc) is 3.28. The summed E-state index contributed by atoms with van der Waals surface area (Å²) in [6, 6.07) is 9.11. The Kier molecular flexibility index (Phi) is 8.81. The minimum absolute atomic E-state index is 0.108. The molecule has 12 heteroatoms. The van der Waals surface area contributed by atoms with E-state index in [1.165, 1.54) is 43.6 Å². The molecule has 2 aromatic rings. The molecule has 1 aromatic carbocycles. The number of nitrogens with one attached hydrogen (secondary N) is 1. The number of aromatic amines is 1. The van der Waals surface area contributed by atoms with Gasteiger partial charge in [0, 0.05) is 24.0 Å². The highest BCUT2D eigenvalue weighted by molar-refractivity contribution is 7.99. The minimum Gasteiger partial charge on any atom is -0.476 e. The second-order valence-corrected chi connectivity index (χ2v) is 9.62. The predicted octanol–water partition coefficient (Wildman–Crippen LogP) is 4.95. The number of carboxylic acid groups (broad SMARTS) is 2. The molecule has 2 fully saturated rings. The highest BCUT2D eigenvalue weighted by Crippen LogP contribution is 2.40. The van der Waals surface area contributed by atoms with Gasteiger partial charge in [0.25, 0.3) is 0 Å². The fourth-order valence-corrected chi connectivity index (χ4v) is 5.40. The van der Waals surface area contributed by atoms with Crippen molar-refractivity contribution in [1.82, 2.24) is 15.4 Å². The van der Waals surface area contributed by atoms with Crippen molar-refractivity contribution < 1.29 is 33.0 Å². The van der Waals surface area contributed by atoms with Crippen molar-refractivity contribution in [3.63, 3.8) is 0 Å². The summed E-state index contributed by atoms with van der Waals surface area (Å²) < 4.78 is 31.7. The number of aliphatic carboxylic acids is 1. The Morgan fingerprint density at radius 1 is 1.06 bits per heavy atom. The molecule has 0 radical (unpaired) electrons. The van der Waals surface area contributed by atoms with Gasteiger partial charge in [0.2, 0.25) is 0 Å². The number of nitrogens with zero attached hydrogens (tertiary/aromatic N) is 3. The van der Waals surface area contributed by atoms with E-state index < -0.39 is 18.1 Å². The predicted molar refractivity (Wildman–Crippen MR) is 120 cm³/mol. The highest BCUT2D eigenvalue weighted by Gasteiger charge is 2.38. The molecule has 2 heterocycles. The number of alkyl halides is 3. The molecule has 1 saturated carbocycles. The first-order chi connectivity index (χ1) is 16.1. The van der Waals surface area contributed by atoms with E-state index >= 15 is 0 Å². The third-order valence-corrected chi connectivity index (χ3v) is 7.30. The molecule has 0 spiro atoms. The lowest BCUT2D eigenvalue weighted by Gasteiger charge is -2.31. The number of rotatable bonds is 5. The Labute approximate surface area is 198 Å². The highest BCUT2D eigenvalue weighted by atomic mass is 32.2. The Morgan fingerprint density at radius 2 is 1.71 bits per heavy atom. The van der Waals surface area contributed by atoms with E-state index in [9.17, 15) is 23.1 Å². The first-order valence-corrected chi connectivity index (χ1v) is 12.0. The van der Waals surface area contributed by atoms with Crippen LogP contribution in [0.1, 0.15) is 66.9 Å². The molecule has 186 valence electrons. The van der Waals surface area contributed by atoms with Crippen LogP contribution in [0.5, 0.6) is 0 Å². The zero-order valence-electron chi connectivity index (χ0n) is 18.4. The lowest BCUT2D eigenvalue weighted by atomic mass is 9.83. The Bertz CT molecular complexity index is 971. The van der Waals surface area contributed by atoms with Crippen LogP contribution < -0.4 is 4.90 Å². The molecule has 4 rings (SSSR count). The van der Waals surface area contributed by atoms with Gasteiger partial charge in [0.05, 0.1) is 0 Å². The molecule has 34 heavy (non-hydrogen) atoms. The van der Waals surface area contributed by atoms with Crippen LogP contribution in [0.3, 0.4) is 0 Å². The molecule has 1 aliphatic carbocycles. The summed E-state index contributed by atoms with van der Waals surface area (Å²) in [5, 5.41) is 27.3. The molecule has 1 aliphatic heterocycles. The van der Waals surface area contributed by atoms with Gasteiger partial charge in [-0.2, -0.15) is 13.2 Å². The number of carboxylic acids is 2. The van der Waals surface area contributed by atoms with Gasteiger partial charge in [-0.05, 0) is 68.6 Å². The van der Waals surface area contributed by atoms with Crippen LogP contribution >= 0.6 is 11.8 Å². The van der Waals surface area contributed by atoms with E-state index in [0.29, 0.717) is 16.2 Å². The number of aromatic nitrogens is 3. The van der Waals surface area contributed by atoms with Crippen molar-refractivity contribution in [2.24, 2.45) is 0 Å². The first-order valence-electron chi connectivity index (χ1n) is 11.1. The Hall–Kier alpha value is -2.76. The number of benzene rings is 1. The number of thioether (sulfide) groups is 1. The number of carbonyl (C=O) groups is 2. The molecule has 2 aliphatic rings. The Balaban J connectivity index is 0.000000406. The second kappa shape index (κ2) is 11.6. The zero-order valence-corrected chi connectivity index (χ0v) is 19.2. The molecule has 3 N–H and O–H groups in total. The van der Waals surface area contributed by atoms with Crippen LogP contribution in [0.4, 0.5) is 18.9 Å². The lowest BCUT2D eigenvalue weighted by Crippen LogP contribution is -2.29. The molecule has 0 unspecified atom stereocenters. The summed E-state index contributed by atoms with van der Waals surface area (Å²) in [7, 11) is 0. The zero-order chi connectivity index (χ0) is 24.7. The fraction of sp³-hybridized carbons (Fsp3) is 0.545. The summed E-state index contributed by atoms with van der Waals surface area (Å²) in [6.45, 7) is 2.35. The topological polar surface area (TPSA) is 119 Å². The number of halogens is 3. The van der Waals surface area contributed by atoms with Crippen molar-refractivity contribution in [1.29, 1.82) is 0 Å². The fourth-order valence-electron chi connectivity index (χ4n) is 4.24. The van der Waals surface area contributed by atoms with E-state index in [2.05, 4.69) is 44.6 Å². The van der Waals surface area contributed by atoms with Gasteiger partial charge in [-0.3, -0.25) is 5.10 Å². The first kappa shape index (κ1) is 25.9. The number of piperidine rings is 1. The SMILES string of the molecule is O=C(O)C(F)(F)F.O=C(O)c1[nH]nnc1SC1CCC(c2cccc(N3CCCCC3)c2)CC1. The third-order valence-electron chi connectivity index (χ3n) is 5.99. The monoisotopic (exact) mass is 500 g/mol. The molecular formula is C22H27F3N4O4S. The number of hydrogen-bond acceptors (Lipinski definition) is 6. The number of H-pyrrole nitrogens is 1. The molecular weight excluding hydrogens is 473 g/mol. The largest absolute Gasteiger partial charge is 0.490 e. The maximum absolute atomic E-state index is 11.2. The van der Waals surface area contributed by atoms with Gasteiger partial charge in [-0.25, -0.2) is 9.59 Å². The normalized spacial score (nSPS) is 20.9. The van der Waals surface area contributed by atoms with Gasteiger partial charge in [0.1, 0.15) is 0 Å². The maximum atomic E-state index is 11.2. The van der Waals surface area contributed by atoms with Crippen LogP contribution in [0.25, 0.3) is 0 Å². The second-order valence-electron chi connectivity index (χ2n) is 8.33. The van der Waals surface area contributed by atoms with Crippen LogP contribution in [0.2, 0.25) is 0 Å². The van der Waals surface area contributed by atoms with Crippen molar-refractivity contribution in [2.75, 3.05) is 18.0 Å². The lowest BCUT2D eigenvalue weighted by molar-refractivity contribution is -0.192. The van der Waals surface area contributed by atoms with Crippen molar-refractivity contribution in [3.8, 4) is 0 Å². The third kappa shape index (κ3) is 7.12. The van der Waals surface area contributed by atoms with Crippen LogP contribution in [-0.2, 0) is 4.79 Å². The summed E-state index contributed by atoms with van der Waals surface area (Å²) >= 11 is 1.56. The number of aromatic carboxylic acids is 1. The van der Waals surface area contributed by atoms with Crippen LogP contribution in [0.15, 0.2) is 29.3 Å². The molecule has 0 amide bonds. The van der Waals surface area contributed by atoms with Gasteiger partial charge in [-0.15, -0.1) is 5.10 Å². The van der Waals surface area contributed by atoms with Gasteiger partial charge in [-0.1, -0.05) is 29.1 Å². The molecule has 0 atom stereocenters. The summed E-state index contributed by atoms with van der Waals surface area (Å²) in [5.41, 5.74) is 2.93. The molecule has 1 aromatic heterocycles. The molecule has 8 nitrogen and oxygen atoms in total. The van der Waals surface area contributed by atoms with E-state index in [4.69, 9.17) is 9.90 Å². The van der Waals surface area contributed by atoms with Crippen LogP contribution in [-0.4, -0.2) is 62.1 Å². The van der Waals surface area contributed by atoms with Gasteiger partial charge >= 0.3 is 18.1 Å². The maximum Gasteiger partial charge on any atom is 0.490 e.